The van der Waals surface area contributed by atoms with E-state index < -0.39 is 11.5 Å². The second-order valence-corrected chi connectivity index (χ2v) is 6.49. The van der Waals surface area contributed by atoms with Crippen LogP contribution < -0.4 is 0 Å². The third-order valence-electron chi connectivity index (χ3n) is 5.21. The van der Waals surface area contributed by atoms with E-state index in [0.29, 0.717) is 31.8 Å². The highest BCUT2D eigenvalue weighted by molar-refractivity contribution is 5.81. The predicted molar refractivity (Wildman–Crippen MR) is 84.9 cm³/mol. The van der Waals surface area contributed by atoms with Crippen molar-refractivity contribution < 1.29 is 14.7 Å². The van der Waals surface area contributed by atoms with Crippen LogP contribution in [-0.4, -0.2) is 44.5 Å². The lowest BCUT2D eigenvalue weighted by atomic mass is 9.85. The van der Waals surface area contributed by atoms with E-state index in [1.165, 1.54) is 0 Å². The Labute approximate surface area is 135 Å². The third-order valence-corrected chi connectivity index (χ3v) is 5.21. The number of carboxylic acid groups (broad SMARTS) is 1. The van der Waals surface area contributed by atoms with Crippen LogP contribution in [0.5, 0.6) is 0 Å². The van der Waals surface area contributed by atoms with Gasteiger partial charge in [0.1, 0.15) is 11.4 Å². The molecule has 1 saturated heterocycles. The molecule has 3 rings (SSSR count). The van der Waals surface area contributed by atoms with Crippen molar-refractivity contribution >= 4 is 11.9 Å². The Morgan fingerprint density at radius 3 is 2.57 bits per heavy atom. The van der Waals surface area contributed by atoms with Crippen molar-refractivity contribution in [3.05, 3.63) is 30.4 Å². The van der Waals surface area contributed by atoms with Gasteiger partial charge in [0.05, 0.1) is 0 Å². The van der Waals surface area contributed by atoms with Gasteiger partial charge >= 0.3 is 5.97 Å². The molecule has 2 aliphatic rings. The molecule has 0 bridgehead atoms. The van der Waals surface area contributed by atoms with Gasteiger partial charge < -0.3 is 14.6 Å². The van der Waals surface area contributed by atoms with Gasteiger partial charge in [0.25, 0.3) is 0 Å². The van der Waals surface area contributed by atoms with E-state index >= 15 is 0 Å². The molecule has 1 atom stereocenters. The number of aromatic nitrogens is 2. The lowest BCUT2D eigenvalue weighted by molar-refractivity contribution is -0.153. The number of carbonyl (C=O) groups is 2. The normalized spacial score (nSPS) is 23.7. The summed E-state index contributed by atoms with van der Waals surface area (Å²) in [4.78, 5) is 30.6. The Morgan fingerprint density at radius 1 is 1.30 bits per heavy atom. The fraction of sp³-hybridized carbons (Fsp3) is 0.588. The van der Waals surface area contributed by atoms with Gasteiger partial charge in [0.2, 0.25) is 5.91 Å². The number of carboxylic acids is 1. The van der Waals surface area contributed by atoms with Gasteiger partial charge in [-0.05, 0) is 39.0 Å². The molecule has 0 unspecified atom stereocenters. The summed E-state index contributed by atoms with van der Waals surface area (Å²) in [6, 6.07) is 0. The van der Waals surface area contributed by atoms with Crippen LogP contribution in [0.4, 0.5) is 0 Å². The van der Waals surface area contributed by atoms with Crippen molar-refractivity contribution in [2.45, 2.75) is 44.6 Å². The number of likely N-dealkylation sites (tertiary alicyclic amines) is 1. The van der Waals surface area contributed by atoms with Gasteiger partial charge in [-0.1, -0.05) is 12.2 Å². The molecule has 0 saturated carbocycles. The Balaban J connectivity index is 1.73. The summed E-state index contributed by atoms with van der Waals surface area (Å²) in [5.74, 6) is 0.0962. The maximum Gasteiger partial charge on any atom is 0.330 e. The Bertz CT molecular complexity index is 627. The Hall–Kier alpha value is -2.11. The van der Waals surface area contributed by atoms with Crippen LogP contribution in [0.3, 0.4) is 0 Å². The van der Waals surface area contributed by atoms with Gasteiger partial charge in [-0.3, -0.25) is 4.79 Å². The van der Waals surface area contributed by atoms with E-state index in [4.69, 9.17) is 0 Å². The topological polar surface area (TPSA) is 75.4 Å². The van der Waals surface area contributed by atoms with Crippen LogP contribution in [0.2, 0.25) is 0 Å². The largest absolute Gasteiger partial charge is 0.479 e. The summed E-state index contributed by atoms with van der Waals surface area (Å²) in [7, 11) is 0. The first-order valence-electron chi connectivity index (χ1n) is 8.22. The number of aryl methyl sites for hydroxylation is 1. The molecule has 23 heavy (non-hydrogen) atoms. The molecule has 6 nitrogen and oxygen atoms in total. The fourth-order valence-corrected chi connectivity index (χ4v) is 3.76. The van der Waals surface area contributed by atoms with Gasteiger partial charge in [-0.2, -0.15) is 0 Å². The number of hydrogen-bond donors (Lipinski definition) is 1. The number of piperidine rings is 1. The molecule has 1 aromatic heterocycles. The average Bonchev–Trinajstić information content (AvgIpc) is 3.01. The average molecular weight is 317 g/mol. The minimum Gasteiger partial charge on any atom is -0.479 e. The van der Waals surface area contributed by atoms with Gasteiger partial charge in [0.15, 0.2) is 0 Å². The summed E-state index contributed by atoms with van der Waals surface area (Å²) < 4.78 is 1.75. The van der Waals surface area contributed by atoms with Crippen molar-refractivity contribution in [1.82, 2.24) is 14.5 Å². The summed E-state index contributed by atoms with van der Waals surface area (Å²) in [5.41, 5.74) is -0.982. The van der Waals surface area contributed by atoms with Gasteiger partial charge in [0, 0.05) is 31.4 Å². The minimum absolute atomic E-state index is 0.0623. The number of aliphatic carboxylic acids is 1. The van der Waals surface area contributed by atoms with Crippen molar-refractivity contribution in [2.24, 2.45) is 5.92 Å². The molecular formula is C17H23N3O3. The van der Waals surface area contributed by atoms with Crippen molar-refractivity contribution in [3.63, 3.8) is 0 Å². The molecule has 0 radical (unpaired) electrons. The molecule has 1 aromatic rings. The zero-order valence-electron chi connectivity index (χ0n) is 13.4. The van der Waals surface area contributed by atoms with Gasteiger partial charge in [-0.25, -0.2) is 9.78 Å². The summed E-state index contributed by atoms with van der Waals surface area (Å²) in [6.07, 6.45) is 11.1. The van der Waals surface area contributed by atoms with Crippen molar-refractivity contribution in [1.29, 1.82) is 0 Å². The van der Waals surface area contributed by atoms with Crippen LogP contribution in [0.15, 0.2) is 24.5 Å². The van der Waals surface area contributed by atoms with Crippen LogP contribution >= 0.6 is 0 Å². The Morgan fingerprint density at radius 2 is 2.04 bits per heavy atom. The first kappa shape index (κ1) is 15.8. The number of imidazole rings is 1. The standard InChI is InChI=1S/C17H23N3O3/c1-13-18-9-12-20(13)17(16(22)23)7-10-19(11-8-17)15(21)14-5-3-2-4-6-14/h2-3,9,12,14H,4-8,10-11H2,1H3,(H,22,23)/t14-/m1/s1. The lowest BCUT2D eigenvalue weighted by Crippen LogP contribution is -2.53. The summed E-state index contributed by atoms with van der Waals surface area (Å²) in [5, 5.41) is 9.80. The highest BCUT2D eigenvalue weighted by Crippen LogP contribution is 2.33. The van der Waals surface area contributed by atoms with E-state index in [0.717, 1.165) is 19.3 Å². The quantitative estimate of drug-likeness (QED) is 0.865. The highest BCUT2D eigenvalue weighted by Gasteiger charge is 2.45. The van der Waals surface area contributed by atoms with Crippen molar-refractivity contribution in [3.8, 4) is 0 Å². The molecule has 2 heterocycles. The zero-order valence-corrected chi connectivity index (χ0v) is 13.4. The molecule has 1 amide bonds. The van der Waals surface area contributed by atoms with Crippen LogP contribution in [0.25, 0.3) is 0 Å². The maximum atomic E-state index is 12.6. The van der Waals surface area contributed by atoms with E-state index in [-0.39, 0.29) is 11.8 Å². The highest BCUT2D eigenvalue weighted by atomic mass is 16.4. The van der Waals surface area contributed by atoms with E-state index in [1.807, 2.05) is 11.8 Å². The van der Waals surface area contributed by atoms with E-state index in [9.17, 15) is 14.7 Å². The zero-order chi connectivity index (χ0) is 16.4. The van der Waals surface area contributed by atoms with E-state index in [2.05, 4.69) is 17.1 Å². The second-order valence-electron chi connectivity index (χ2n) is 6.49. The SMILES string of the molecule is Cc1nccn1C1(C(=O)O)CCN(C(=O)[C@@H]2CC=CCC2)CC1. The smallest absolute Gasteiger partial charge is 0.330 e. The van der Waals surface area contributed by atoms with Crippen LogP contribution in [-0.2, 0) is 15.1 Å². The predicted octanol–water partition coefficient (Wildman–Crippen LogP) is 1.95. The molecule has 0 spiro atoms. The monoisotopic (exact) mass is 317 g/mol. The van der Waals surface area contributed by atoms with Gasteiger partial charge in [-0.15, -0.1) is 0 Å². The first-order chi connectivity index (χ1) is 11.0. The third kappa shape index (κ3) is 2.78. The first-order valence-corrected chi connectivity index (χ1v) is 8.22. The second kappa shape index (κ2) is 6.18. The minimum atomic E-state index is -0.982. The fourth-order valence-electron chi connectivity index (χ4n) is 3.76. The molecule has 124 valence electrons. The molecular weight excluding hydrogens is 294 g/mol. The summed E-state index contributed by atoms with van der Waals surface area (Å²) >= 11 is 0. The van der Waals surface area contributed by atoms with Crippen LogP contribution in [0.1, 0.15) is 37.9 Å². The number of rotatable bonds is 3. The number of hydrogen-bond acceptors (Lipinski definition) is 3. The molecule has 1 N–H and O–H groups in total. The molecule has 1 aliphatic carbocycles. The maximum absolute atomic E-state index is 12.6. The molecule has 1 fully saturated rings. The molecule has 6 heteroatoms. The lowest BCUT2D eigenvalue weighted by Gasteiger charge is -2.41. The van der Waals surface area contributed by atoms with E-state index in [1.54, 1.807) is 17.0 Å². The number of allylic oxidation sites excluding steroid dienone is 2. The number of nitrogens with zero attached hydrogens (tertiary/aromatic N) is 3. The molecule has 0 aromatic carbocycles. The van der Waals surface area contributed by atoms with Crippen LogP contribution in [0, 0.1) is 12.8 Å². The number of carbonyl (C=O) groups excluding carboxylic acids is 1. The van der Waals surface area contributed by atoms with Crippen molar-refractivity contribution in [2.75, 3.05) is 13.1 Å². The summed E-state index contributed by atoms with van der Waals surface area (Å²) in [6.45, 7) is 2.79. The molecule has 1 aliphatic heterocycles. The Kier molecular flexibility index (Phi) is 4.24. The number of amides is 1.